The summed E-state index contributed by atoms with van der Waals surface area (Å²) in [6, 6.07) is 9.44. The third kappa shape index (κ3) is 5.12. The molecule has 0 spiro atoms. The number of aliphatic imine (C=N–C) groups is 1. The molecule has 35 heavy (non-hydrogen) atoms. The molecule has 10 heteroatoms. The SMILES string of the molecule is C[C@H]1C[C@H]2C(=O)N(C)C(NC(=O)OC(C)(C)C)=N[C@@]2(c2cc(Oc3ccccn3)ccc2F)CO1. The third-order valence-electron chi connectivity index (χ3n) is 5.86. The highest BCUT2D eigenvalue weighted by molar-refractivity contribution is 6.05. The number of carbonyl (C=O) groups excluding carboxylic acids is 2. The number of ether oxygens (including phenoxy) is 3. The quantitative estimate of drug-likeness (QED) is 0.707. The number of halogens is 1. The molecule has 2 aliphatic rings. The van der Waals surface area contributed by atoms with Crippen molar-refractivity contribution in [3.05, 3.63) is 54.0 Å². The number of hydrogen-bond acceptors (Lipinski definition) is 7. The van der Waals surface area contributed by atoms with Gasteiger partial charge < -0.3 is 14.2 Å². The van der Waals surface area contributed by atoms with Crippen molar-refractivity contribution in [3.8, 4) is 11.6 Å². The van der Waals surface area contributed by atoms with Gasteiger partial charge in [-0.2, -0.15) is 0 Å². The van der Waals surface area contributed by atoms with Crippen molar-refractivity contribution in [1.82, 2.24) is 15.2 Å². The first-order valence-electron chi connectivity index (χ1n) is 11.4. The lowest BCUT2D eigenvalue weighted by molar-refractivity contribution is -0.144. The average molecular weight is 485 g/mol. The minimum absolute atomic E-state index is 0.0471. The molecule has 0 bridgehead atoms. The van der Waals surface area contributed by atoms with Crippen molar-refractivity contribution in [1.29, 1.82) is 0 Å². The number of aromatic nitrogens is 1. The van der Waals surface area contributed by atoms with E-state index in [2.05, 4.69) is 10.3 Å². The molecule has 3 heterocycles. The van der Waals surface area contributed by atoms with Crippen molar-refractivity contribution >= 4 is 18.0 Å². The van der Waals surface area contributed by atoms with Crippen LogP contribution in [0.1, 0.15) is 39.7 Å². The summed E-state index contributed by atoms with van der Waals surface area (Å²) >= 11 is 0. The normalized spacial score (nSPS) is 24.3. The minimum atomic E-state index is -1.41. The Hall–Kier alpha value is -3.53. The summed E-state index contributed by atoms with van der Waals surface area (Å²) in [5, 5.41) is 2.54. The van der Waals surface area contributed by atoms with Crippen molar-refractivity contribution in [2.45, 2.75) is 51.4 Å². The van der Waals surface area contributed by atoms with Gasteiger partial charge in [-0.3, -0.25) is 15.0 Å². The molecule has 1 N–H and O–H groups in total. The van der Waals surface area contributed by atoms with E-state index in [-0.39, 0.29) is 30.1 Å². The van der Waals surface area contributed by atoms with Crippen molar-refractivity contribution in [3.63, 3.8) is 0 Å². The molecule has 2 aromatic rings. The summed E-state index contributed by atoms with van der Waals surface area (Å²) in [6.07, 6.45) is 0.913. The van der Waals surface area contributed by atoms with E-state index < -0.39 is 29.0 Å². The van der Waals surface area contributed by atoms with Gasteiger partial charge in [0.05, 0.1) is 18.6 Å². The van der Waals surface area contributed by atoms with Crippen LogP contribution in [0.2, 0.25) is 0 Å². The molecule has 1 saturated heterocycles. The van der Waals surface area contributed by atoms with Crippen LogP contribution in [0.25, 0.3) is 0 Å². The molecule has 3 atom stereocenters. The van der Waals surface area contributed by atoms with Gasteiger partial charge in [0.1, 0.15) is 22.7 Å². The van der Waals surface area contributed by atoms with E-state index in [1.807, 2.05) is 6.92 Å². The molecule has 0 aliphatic carbocycles. The predicted octanol–water partition coefficient (Wildman–Crippen LogP) is 3.99. The lowest BCUT2D eigenvalue weighted by Gasteiger charge is -2.47. The average Bonchev–Trinajstić information content (AvgIpc) is 2.79. The van der Waals surface area contributed by atoms with Crippen LogP contribution in [0.5, 0.6) is 11.6 Å². The fourth-order valence-corrected chi connectivity index (χ4v) is 4.24. The molecule has 2 aliphatic heterocycles. The fourth-order valence-electron chi connectivity index (χ4n) is 4.24. The summed E-state index contributed by atoms with van der Waals surface area (Å²) in [5.74, 6) is -0.969. The number of benzene rings is 1. The number of guanidine groups is 1. The van der Waals surface area contributed by atoms with Gasteiger partial charge >= 0.3 is 6.09 Å². The van der Waals surface area contributed by atoms with Crippen molar-refractivity contribution < 1.29 is 28.2 Å². The van der Waals surface area contributed by atoms with Crippen LogP contribution in [0.4, 0.5) is 9.18 Å². The standard InChI is InChI=1S/C25H29FN4O5/c1-15-12-18-21(31)30(5)22(28-23(32)35-24(2,3)4)29-25(18,14-33-15)17-13-16(9-10-19(17)26)34-20-8-6-7-11-27-20/h6-11,13,15,18H,12,14H2,1-5H3,(H,28,29,32)/t15-,18-,25+/m0/s1. The topological polar surface area (TPSA) is 102 Å². The van der Waals surface area contributed by atoms with Crippen LogP contribution in [0.15, 0.2) is 47.6 Å². The Labute approximate surface area is 203 Å². The van der Waals surface area contributed by atoms with E-state index in [1.165, 1.54) is 30.1 Å². The number of carbonyl (C=O) groups is 2. The summed E-state index contributed by atoms with van der Waals surface area (Å²) in [5.41, 5.74) is -2.03. The Kier molecular flexibility index (Phi) is 6.50. The molecule has 0 radical (unpaired) electrons. The van der Waals surface area contributed by atoms with Gasteiger partial charge in [0, 0.05) is 24.9 Å². The fraction of sp³-hybridized carbons (Fsp3) is 0.440. The number of fused-ring (bicyclic) bond motifs is 1. The van der Waals surface area contributed by atoms with E-state index in [9.17, 15) is 9.59 Å². The first kappa shape index (κ1) is 24.6. The summed E-state index contributed by atoms with van der Waals surface area (Å²) in [4.78, 5) is 36.1. The molecule has 1 aromatic carbocycles. The number of amides is 2. The van der Waals surface area contributed by atoms with Crippen LogP contribution >= 0.6 is 0 Å². The second kappa shape index (κ2) is 9.26. The Morgan fingerprint density at radius 3 is 2.74 bits per heavy atom. The van der Waals surface area contributed by atoms with Gasteiger partial charge in [-0.05, 0) is 58.4 Å². The molecule has 4 rings (SSSR count). The Bertz CT molecular complexity index is 1150. The first-order chi connectivity index (χ1) is 16.5. The van der Waals surface area contributed by atoms with E-state index in [4.69, 9.17) is 19.2 Å². The maximum Gasteiger partial charge on any atom is 0.414 e. The van der Waals surface area contributed by atoms with E-state index in [0.717, 1.165) is 0 Å². The lowest BCUT2D eigenvalue weighted by Crippen LogP contribution is -2.61. The Balaban J connectivity index is 1.78. The zero-order chi connectivity index (χ0) is 25.4. The summed E-state index contributed by atoms with van der Waals surface area (Å²) in [6.45, 7) is 6.97. The third-order valence-corrected chi connectivity index (χ3v) is 5.86. The van der Waals surface area contributed by atoms with E-state index in [1.54, 1.807) is 45.2 Å². The van der Waals surface area contributed by atoms with Gasteiger partial charge in [0.15, 0.2) is 0 Å². The monoisotopic (exact) mass is 484 g/mol. The number of nitrogens with one attached hydrogen (secondary N) is 1. The maximum atomic E-state index is 15.4. The minimum Gasteiger partial charge on any atom is -0.444 e. The second-order valence-corrected chi connectivity index (χ2v) is 9.71. The van der Waals surface area contributed by atoms with E-state index >= 15 is 4.39 Å². The van der Waals surface area contributed by atoms with E-state index in [0.29, 0.717) is 18.1 Å². The number of alkyl carbamates (subject to hydrolysis) is 1. The lowest BCUT2D eigenvalue weighted by atomic mass is 9.72. The highest BCUT2D eigenvalue weighted by Gasteiger charge is 2.54. The van der Waals surface area contributed by atoms with Gasteiger partial charge in [-0.25, -0.2) is 19.2 Å². The van der Waals surface area contributed by atoms with Crippen LogP contribution in [-0.4, -0.2) is 53.2 Å². The van der Waals surface area contributed by atoms with Crippen molar-refractivity contribution in [2.24, 2.45) is 10.9 Å². The molecule has 0 unspecified atom stereocenters. The molecule has 1 fully saturated rings. The zero-order valence-electron chi connectivity index (χ0n) is 20.4. The Morgan fingerprint density at radius 1 is 1.29 bits per heavy atom. The number of pyridine rings is 1. The van der Waals surface area contributed by atoms with Crippen LogP contribution in [0, 0.1) is 11.7 Å². The molecule has 2 amide bonds. The maximum absolute atomic E-state index is 15.4. The van der Waals surface area contributed by atoms with Gasteiger partial charge in [0.25, 0.3) is 0 Å². The molecule has 186 valence electrons. The van der Waals surface area contributed by atoms with Gasteiger partial charge in [0.2, 0.25) is 17.7 Å². The predicted molar refractivity (Wildman–Crippen MR) is 125 cm³/mol. The van der Waals surface area contributed by atoms with Crippen LogP contribution in [-0.2, 0) is 19.8 Å². The van der Waals surface area contributed by atoms with Gasteiger partial charge in [-0.1, -0.05) is 6.07 Å². The summed E-state index contributed by atoms with van der Waals surface area (Å²) in [7, 11) is 1.51. The molecule has 1 aromatic heterocycles. The van der Waals surface area contributed by atoms with Gasteiger partial charge in [-0.15, -0.1) is 0 Å². The number of nitrogens with zero attached hydrogens (tertiary/aromatic N) is 3. The smallest absolute Gasteiger partial charge is 0.414 e. The molecule has 9 nitrogen and oxygen atoms in total. The summed E-state index contributed by atoms with van der Waals surface area (Å²) < 4.78 is 32.4. The first-order valence-corrected chi connectivity index (χ1v) is 11.4. The number of rotatable bonds is 3. The zero-order valence-corrected chi connectivity index (χ0v) is 20.4. The molecule has 0 saturated carbocycles. The van der Waals surface area contributed by atoms with Crippen molar-refractivity contribution in [2.75, 3.05) is 13.7 Å². The Morgan fingerprint density at radius 2 is 2.06 bits per heavy atom. The van der Waals surface area contributed by atoms with Crippen LogP contribution in [0.3, 0.4) is 0 Å². The second-order valence-electron chi connectivity index (χ2n) is 9.71. The molecular weight excluding hydrogens is 455 g/mol. The highest BCUT2D eigenvalue weighted by Crippen LogP contribution is 2.46. The largest absolute Gasteiger partial charge is 0.444 e. The number of hydrogen-bond donors (Lipinski definition) is 1. The molecular formula is C25H29FN4O5. The highest BCUT2D eigenvalue weighted by atomic mass is 19.1. The van der Waals surface area contributed by atoms with Crippen LogP contribution < -0.4 is 10.1 Å².